The number of carboxylic acids is 1. The zero-order valence-electron chi connectivity index (χ0n) is 14.3. The second-order valence-corrected chi connectivity index (χ2v) is 7.12. The van der Waals surface area contributed by atoms with E-state index in [4.69, 9.17) is 18.8 Å². The van der Waals surface area contributed by atoms with E-state index in [0.29, 0.717) is 38.2 Å². The van der Waals surface area contributed by atoms with Gasteiger partial charge in [-0.3, -0.25) is 4.18 Å². The average Bonchev–Trinajstić information content (AvgIpc) is 2.56. The lowest BCUT2D eigenvalue weighted by atomic mass is 10.2. The molecule has 0 heterocycles. The highest BCUT2D eigenvalue weighted by Gasteiger charge is 2.11. The Balaban J connectivity index is 1.93. The Bertz CT molecular complexity index is 572. The van der Waals surface area contributed by atoms with Crippen LogP contribution >= 0.6 is 0 Å². The predicted molar refractivity (Wildman–Crippen MR) is 92.8 cm³/mol. The van der Waals surface area contributed by atoms with Crippen LogP contribution in [-0.4, -0.2) is 52.5 Å². The summed E-state index contributed by atoms with van der Waals surface area (Å²) in [6.07, 6.45) is 2.93. The number of hydrogen-bond acceptors (Lipinski definition) is 6. The summed E-state index contributed by atoms with van der Waals surface area (Å²) < 4.78 is 38.9. The molecule has 1 aromatic rings. The molecule has 1 aromatic carbocycles. The molecule has 25 heavy (non-hydrogen) atoms. The van der Waals surface area contributed by atoms with Gasteiger partial charge in [-0.05, 0) is 31.2 Å². The second-order valence-electron chi connectivity index (χ2n) is 5.48. The average molecular weight is 374 g/mol. The lowest BCUT2D eigenvalue weighted by molar-refractivity contribution is -0.142. The van der Waals surface area contributed by atoms with Gasteiger partial charge in [-0.2, -0.15) is 8.42 Å². The first kappa shape index (κ1) is 21.6. The van der Waals surface area contributed by atoms with Crippen LogP contribution in [0.3, 0.4) is 0 Å². The molecule has 0 unspecified atom stereocenters. The van der Waals surface area contributed by atoms with Gasteiger partial charge in [-0.25, -0.2) is 4.79 Å². The minimum absolute atomic E-state index is 0.110. The van der Waals surface area contributed by atoms with Crippen LogP contribution in [0.2, 0.25) is 0 Å². The third kappa shape index (κ3) is 12.5. The van der Waals surface area contributed by atoms with Crippen molar-refractivity contribution in [2.75, 3.05) is 33.0 Å². The molecule has 1 rings (SSSR count). The van der Waals surface area contributed by atoms with Crippen molar-refractivity contribution in [2.45, 2.75) is 31.4 Å². The summed E-state index contributed by atoms with van der Waals surface area (Å²) in [6.45, 7) is 1.35. The molecular weight excluding hydrogens is 348 g/mol. The van der Waals surface area contributed by atoms with E-state index < -0.39 is 16.1 Å². The number of rotatable bonds is 15. The number of carbonyl (C=O) groups is 1. The molecule has 0 spiro atoms. The number of unbranched alkanes of at least 4 members (excludes halogenated alkanes) is 2. The number of carboxylic acid groups (broad SMARTS) is 1. The van der Waals surface area contributed by atoms with Crippen molar-refractivity contribution in [3.8, 4) is 0 Å². The van der Waals surface area contributed by atoms with E-state index in [0.717, 1.165) is 12.8 Å². The largest absolute Gasteiger partial charge is 0.480 e. The van der Waals surface area contributed by atoms with Gasteiger partial charge in [0.15, 0.2) is 0 Å². The Kier molecular flexibility index (Phi) is 11.1. The highest BCUT2D eigenvalue weighted by molar-refractivity contribution is 7.85. The summed E-state index contributed by atoms with van der Waals surface area (Å²) in [5, 5.41) is 8.38. The molecule has 0 bridgehead atoms. The summed E-state index contributed by atoms with van der Waals surface area (Å²) in [7, 11) is -3.54. The molecule has 0 aliphatic carbocycles. The van der Waals surface area contributed by atoms with Crippen LogP contribution in [-0.2, 0) is 34.3 Å². The highest BCUT2D eigenvalue weighted by Crippen LogP contribution is 2.08. The second kappa shape index (κ2) is 12.8. The Morgan fingerprint density at radius 3 is 2.24 bits per heavy atom. The van der Waals surface area contributed by atoms with E-state index in [1.807, 2.05) is 6.07 Å². The summed E-state index contributed by atoms with van der Waals surface area (Å²) in [5.41, 5.74) is 0.711. The van der Waals surface area contributed by atoms with Crippen molar-refractivity contribution in [2.24, 2.45) is 0 Å². The SMILES string of the molecule is O=C(O)COCCCOCCCCCOS(=O)(=O)Cc1ccccc1. The van der Waals surface area contributed by atoms with E-state index in [-0.39, 0.29) is 19.0 Å². The lowest BCUT2D eigenvalue weighted by Crippen LogP contribution is -2.10. The smallest absolute Gasteiger partial charge is 0.329 e. The Morgan fingerprint density at radius 1 is 0.880 bits per heavy atom. The number of hydrogen-bond donors (Lipinski definition) is 1. The maximum absolute atomic E-state index is 11.8. The van der Waals surface area contributed by atoms with Crippen molar-refractivity contribution in [3.05, 3.63) is 35.9 Å². The van der Waals surface area contributed by atoms with Gasteiger partial charge < -0.3 is 14.6 Å². The maximum atomic E-state index is 11.8. The van der Waals surface area contributed by atoms with Crippen molar-refractivity contribution in [1.82, 2.24) is 0 Å². The minimum Gasteiger partial charge on any atom is -0.480 e. The third-order valence-electron chi connectivity index (χ3n) is 3.19. The van der Waals surface area contributed by atoms with Gasteiger partial charge in [-0.1, -0.05) is 30.3 Å². The topological polar surface area (TPSA) is 99.1 Å². The minimum atomic E-state index is -3.54. The van der Waals surface area contributed by atoms with Crippen molar-refractivity contribution >= 4 is 16.1 Å². The molecule has 142 valence electrons. The van der Waals surface area contributed by atoms with Gasteiger partial charge in [0.05, 0.1) is 6.61 Å². The molecule has 0 aliphatic heterocycles. The molecule has 0 amide bonds. The maximum Gasteiger partial charge on any atom is 0.329 e. The van der Waals surface area contributed by atoms with Crippen LogP contribution in [0, 0.1) is 0 Å². The van der Waals surface area contributed by atoms with Crippen LogP contribution in [0.4, 0.5) is 0 Å². The van der Waals surface area contributed by atoms with Gasteiger partial charge >= 0.3 is 5.97 Å². The molecule has 0 saturated heterocycles. The van der Waals surface area contributed by atoms with Crippen molar-refractivity contribution in [1.29, 1.82) is 0 Å². The van der Waals surface area contributed by atoms with Gasteiger partial charge in [0.2, 0.25) is 0 Å². The lowest BCUT2D eigenvalue weighted by Gasteiger charge is -2.06. The van der Waals surface area contributed by atoms with Crippen molar-refractivity contribution in [3.63, 3.8) is 0 Å². The van der Waals surface area contributed by atoms with Crippen LogP contribution in [0.15, 0.2) is 30.3 Å². The molecule has 0 atom stereocenters. The van der Waals surface area contributed by atoms with Crippen LogP contribution in [0.25, 0.3) is 0 Å². The summed E-state index contributed by atoms with van der Waals surface area (Å²) >= 11 is 0. The molecule has 0 fully saturated rings. The third-order valence-corrected chi connectivity index (χ3v) is 4.40. The van der Waals surface area contributed by atoms with E-state index >= 15 is 0 Å². The zero-order chi connectivity index (χ0) is 18.4. The fourth-order valence-electron chi connectivity index (χ4n) is 2.01. The first-order valence-corrected chi connectivity index (χ1v) is 9.85. The Labute approximate surface area is 149 Å². The molecule has 1 N–H and O–H groups in total. The number of ether oxygens (including phenoxy) is 2. The first-order valence-electron chi connectivity index (χ1n) is 8.28. The van der Waals surface area contributed by atoms with Crippen LogP contribution in [0.1, 0.15) is 31.2 Å². The molecule has 0 saturated carbocycles. The summed E-state index contributed by atoms with van der Waals surface area (Å²) in [6, 6.07) is 8.93. The monoisotopic (exact) mass is 374 g/mol. The summed E-state index contributed by atoms with van der Waals surface area (Å²) in [4.78, 5) is 10.2. The molecule has 8 heteroatoms. The predicted octanol–water partition coefficient (Wildman–Crippen LogP) is 2.21. The van der Waals surface area contributed by atoms with E-state index in [2.05, 4.69) is 0 Å². The molecule has 0 aromatic heterocycles. The normalized spacial score (nSPS) is 11.5. The van der Waals surface area contributed by atoms with Gasteiger partial charge in [0.25, 0.3) is 10.1 Å². The van der Waals surface area contributed by atoms with Gasteiger partial charge in [0, 0.05) is 19.8 Å². The number of aliphatic carboxylic acids is 1. The summed E-state index contributed by atoms with van der Waals surface area (Å²) in [5.74, 6) is -1.09. The van der Waals surface area contributed by atoms with E-state index in [9.17, 15) is 13.2 Å². The molecule has 7 nitrogen and oxygen atoms in total. The fraction of sp³-hybridized carbons (Fsp3) is 0.588. The first-order chi connectivity index (χ1) is 12.0. The van der Waals surface area contributed by atoms with E-state index in [1.54, 1.807) is 24.3 Å². The zero-order valence-corrected chi connectivity index (χ0v) is 15.1. The Hall–Kier alpha value is -1.48. The standard InChI is InChI=1S/C17H26O7S/c18-17(19)14-23-12-7-11-22-10-5-2-6-13-24-25(20,21)15-16-8-3-1-4-9-16/h1,3-4,8-9H,2,5-7,10-15H2,(H,18,19). The van der Waals surface area contributed by atoms with E-state index in [1.165, 1.54) is 0 Å². The van der Waals surface area contributed by atoms with Crippen LogP contribution < -0.4 is 0 Å². The molecule has 0 aliphatic rings. The van der Waals surface area contributed by atoms with Crippen LogP contribution in [0.5, 0.6) is 0 Å². The highest BCUT2D eigenvalue weighted by atomic mass is 32.2. The molecular formula is C17H26O7S. The quantitative estimate of drug-likeness (QED) is 0.371. The molecule has 0 radical (unpaired) electrons. The van der Waals surface area contributed by atoms with Crippen molar-refractivity contribution < 1.29 is 32.0 Å². The van der Waals surface area contributed by atoms with Gasteiger partial charge in [-0.15, -0.1) is 0 Å². The fourth-order valence-corrected chi connectivity index (χ4v) is 3.07. The van der Waals surface area contributed by atoms with Gasteiger partial charge in [0.1, 0.15) is 12.4 Å². The number of benzene rings is 1. The Morgan fingerprint density at radius 2 is 1.52 bits per heavy atom.